The number of halogens is 1. The molecule has 0 atom stereocenters. The Morgan fingerprint density at radius 2 is 2.06 bits per heavy atom. The maximum atomic E-state index is 4.36. The molecule has 0 aliphatic carbocycles. The number of alkyl halides is 1. The first-order chi connectivity index (χ1) is 7.84. The summed E-state index contributed by atoms with van der Waals surface area (Å²) in [6.07, 6.45) is 7.06. The molecule has 0 spiro atoms. The van der Waals surface area contributed by atoms with Crippen LogP contribution in [0.3, 0.4) is 0 Å². The van der Waals surface area contributed by atoms with E-state index in [0.29, 0.717) is 0 Å². The molecule has 16 heavy (non-hydrogen) atoms. The van der Waals surface area contributed by atoms with Crippen LogP contribution in [0, 0.1) is 6.92 Å². The topological polar surface area (TPSA) is 24.9 Å². The highest BCUT2D eigenvalue weighted by molar-refractivity contribution is 9.09. The van der Waals surface area contributed by atoms with Gasteiger partial charge in [0.15, 0.2) is 0 Å². The highest BCUT2D eigenvalue weighted by atomic mass is 79.9. The number of aromatic nitrogens is 1. The molecule has 0 aromatic carbocycles. The van der Waals surface area contributed by atoms with Crippen molar-refractivity contribution in [2.75, 3.05) is 11.9 Å². The van der Waals surface area contributed by atoms with Crippen LogP contribution in [-0.2, 0) is 6.54 Å². The van der Waals surface area contributed by atoms with Gasteiger partial charge in [-0.05, 0) is 37.9 Å². The first-order valence-electron chi connectivity index (χ1n) is 6.02. The number of aryl methyl sites for hydroxylation is 1. The molecule has 1 rings (SSSR count). The Labute approximate surface area is 107 Å². The second-order valence-corrected chi connectivity index (χ2v) is 4.84. The molecule has 1 aromatic rings. The summed E-state index contributed by atoms with van der Waals surface area (Å²) in [6, 6.07) is 4.10. The van der Waals surface area contributed by atoms with Crippen LogP contribution in [0.25, 0.3) is 0 Å². The van der Waals surface area contributed by atoms with E-state index in [9.17, 15) is 0 Å². The first kappa shape index (κ1) is 13.7. The fourth-order valence-electron chi connectivity index (χ4n) is 1.61. The molecule has 0 amide bonds. The van der Waals surface area contributed by atoms with Crippen molar-refractivity contribution in [2.45, 2.75) is 39.2 Å². The van der Waals surface area contributed by atoms with Crippen molar-refractivity contribution in [3.63, 3.8) is 0 Å². The summed E-state index contributed by atoms with van der Waals surface area (Å²) < 4.78 is 0. The molecule has 1 heterocycles. The number of rotatable bonds is 8. The van der Waals surface area contributed by atoms with Gasteiger partial charge >= 0.3 is 0 Å². The van der Waals surface area contributed by atoms with E-state index in [1.165, 1.54) is 36.9 Å². The second kappa shape index (κ2) is 8.71. The van der Waals surface area contributed by atoms with E-state index in [2.05, 4.69) is 39.2 Å². The molecule has 0 aliphatic heterocycles. The summed E-state index contributed by atoms with van der Waals surface area (Å²) in [7, 11) is 0. The normalized spacial score (nSPS) is 10.6. The first-order valence-corrected chi connectivity index (χ1v) is 7.14. The van der Waals surface area contributed by atoms with Gasteiger partial charge in [-0.15, -0.1) is 0 Å². The van der Waals surface area contributed by atoms with Gasteiger partial charge in [0.05, 0.1) is 5.69 Å². The van der Waals surface area contributed by atoms with Gasteiger partial charge in [-0.3, -0.25) is 4.98 Å². The van der Waals surface area contributed by atoms with Crippen LogP contribution in [0.15, 0.2) is 18.3 Å². The lowest BCUT2D eigenvalue weighted by Crippen LogP contribution is -2.16. The summed E-state index contributed by atoms with van der Waals surface area (Å²) >= 11 is 3.45. The Kier molecular flexibility index (Phi) is 7.43. The molecule has 0 radical (unpaired) electrons. The van der Waals surface area contributed by atoms with E-state index in [4.69, 9.17) is 0 Å². The van der Waals surface area contributed by atoms with Crippen LogP contribution >= 0.6 is 15.9 Å². The molecule has 0 saturated heterocycles. The fourth-order valence-corrected chi connectivity index (χ4v) is 2.00. The van der Waals surface area contributed by atoms with E-state index in [0.717, 1.165) is 18.4 Å². The number of nitrogens with one attached hydrogen (secondary N) is 1. The zero-order chi connectivity index (χ0) is 11.6. The molecular formula is C13H21BrN2. The van der Waals surface area contributed by atoms with Gasteiger partial charge in [0.2, 0.25) is 0 Å². The van der Waals surface area contributed by atoms with Gasteiger partial charge in [-0.25, -0.2) is 0 Å². The maximum absolute atomic E-state index is 4.36. The number of hydrogen-bond acceptors (Lipinski definition) is 2. The SMILES string of the molecule is Cc1cccnc1CNCCCCCCBr. The molecule has 0 fully saturated rings. The van der Waals surface area contributed by atoms with Gasteiger partial charge in [-0.1, -0.05) is 34.8 Å². The molecular weight excluding hydrogens is 264 g/mol. The highest BCUT2D eigenvalue weighted by Gasteiger charge is 1.97. The molecule has 0 aliphatic rings. The standard InChI is InChI=1S/C13H21BrN2/c1-12-7-6-10-16-13(12)11-15-9-5-3-2-4-8-14/h6-7,10,15H,2-5,8-9,11H2,1H3. The lowest BCUT2D eigenvalue weighted by Gasteiger charge is -2.06. The average Bonchev–Trinajstić information content (AvgIpc) is 2.30. The summed E-state index contributed by atoms with van der Waals surface area (Å²) in [5.41, 5.74) is 2.44. The van der Waals surface area contributed by atoms with E-state index >= 15 is 0 Å². The van der Waals surface area contributed by atoms with Crippen LogP contribution < -0.4 is 5.32 Å². The predicted molar refractivity (Wildman–Crippen MR) is 72.9 cm³/mol. The van der Waals surface area contributed by atoms with Crippen LogP contribution in [0.5, 0.6) is 0 Å². The van der Waals surface area contributed by atoms with Crippen molar-refractivity contribution >= 4 is 15.9 Å². The van der Waals surface area contributed by atoms with E-state index in [-0.39, 0.29) is 0 Å². The minimum Gasteiger partial charge on any atom is -0.311 e. The molecule has 90 valence electrons. The van der Waals surface area contributed by atoms with Gasteiger partial charge in [-0.2, -0.15) is 0 Å². The van der Waals surface area contributed by atoms with E-state index < -0.39 is 0 Å². The van der Waals surface area contributed by atoms with E-state index in [1.54, 1.807) is 0 Å². The third-order valence-electron chi connectivity index (χ3n) is 2.65. The maximum Gasteiger partial charge on any atom is 0.0570 e. The molecule has 3 heteroatoms. The average molecular weight is 285 g/mol. The highest BCUT2D eigenvalue weighted by Crippen LogP contribution is 2.03. The van der Waals surface area contributed by atoms with Gasteiger partial charge in [0, 0.05) is 18.1 Å². The Morgan fingerprint density at radius 3 is 2.81 bits per heavy atom. The largest absolute Gasteiger partial charge is 0.311 e. The Bertz CT molecular complexity index is 289. The second-order valence-electron chi connectivity index (χ2n) is 4.05. The lowest BCUT2D eigenvalue weighted by molar-refractivity contribution is 0.594. The van der Waals surface area contributed by atoms with Crippen molar-refractivity contribution in [2.24, 2.45) is 0 Å². The monoisotopic (exact) mass is 284 g/mol. The number of nitrogens with zero attached hydrogens (tertiary/aromatic N) is 1. The number of hydrogen-bond donors (Lipinski definition) is 1. The number of unbranched alkanes of at least 4 members (excludes halogenated alkanes) is 3. The van der Waals surface area contributed by atoms with Crippen LogP contribution in [0.2, 0.25) is 0 Å². The zero-order valence-corrected chi connectivity index (χ0v) is 11.6. The molecule has 1 N–H and O–H groups in total. The quantitative estimate of drug-likeness (QED) is 0.584. The third kappa shape index (κ3) is 5.61. The van der Waals surface area contributed by atoms with Crippen LogP contribution in [-0.4, -0.2) is 16.9 Å². The Hall–Kier alpha value is -0.410. The zero-order valence-electron chi connectivity index (χ0n) is 10.0. The summed E-state index contributed by atoms with van der Waals surface area (Å²) in [5, 5.41) is 4.58. The molecule has 0 bridgehead atoms. The fraction of sp³-hybridized carbons (Fsp3) is 0.615. The molecule has 1 aromatic heterocycles. The molecule has 0 saturated carbocycles. The Balaban J connectivity index is 2.05. The summed E-state index contributed by atoms with van der Waals surface area (Å²) in [6.45, 7) is 4.10. The smallest absolute Gasteiger partial charge is 0.0570 e. The van der Waals surface area contributed by atoms with Crippen LogP contribution in [0.1, 0.15) is 36.9 Å². The van der Waals surface area contributed by atoms with Gasteiger partial charge in [0.25, 0.3) is 0 Å². The molecule has 2 nitrogen and oxygen atoms in total. The minimum absolute atomic E-state index is 0.894. The van der Waals surface area contributed by atoms with Crippen molar-refractivity contribution in [1.29, 1.82) is 0 Å². The van der Waals surface area contributed by atoms with E-state index in [1.807, 2.05) is 12.3 Å². The van der Waals surface area contributed by atoms with Crippen molar-refractivity contribution in [1.82, 2.24) is 10.3 Å². The molecule has 0 unspecified atom stereocenters. The van der Waals surface area contributed by atoms with Crippen molar-refractivity contribution in [3.8, 4) is 0 Å². The van der Waals surface area contributed by atoms with Crippen LogP contribution in [0.4, 0.5) is 0 Å². The summed E-state index contributed by atoms with van der Waals surface area (Å²) in [4.78, 5) is 4.36. The third-order valence-corrected chi connectivity index (χ3v) is 3.21. The Morgan fingerprint density at radius 1 is 1.25 bits per heavy atom. The number of pyridine rings is 1. The van der Waals surface area contributed by atoms with Gasteiger partial charge < -0.3 is 5.32 Å². The van der Waals surface area contributed by atoms with Gasteiger partial charge in [0.1, 0.15) is 0 Å². The minimum atomic E-state index is 0.894. The summed E-state index contributed by atoms with van der Waals surface area (Å²) in [5.74, 6) is 0. The predicted octanol–water partition coefficient (Wildman–Crippen LogP) is 3.43. The lowest BCUT2D eigenvalue weighted by atomic mass is 10.2. The van der Waals surface area contributed by atoms with Crippen molar-refractivity contribution < 1.29 is 0 Å². The van der Waals surface area contributed by atoms with Crippen molar-refractivity contribution in [3.05, 3.63) is 29.6 Å².